The summed E-state index contributed by atoms with van der Waals surface area (Å²) in [6, 6.07) is -0.478. The van der Waals surface area contributed by atoms with Gasteiger partial charge in [0.25, 0.3) is 10.0 Å². The Morgan fingerprint density at radius 2 is 2.28 bits per heavy atom. The SMILES string of the molecule is CCN(C1CCS(=O)(=O)C1)S(=O)(=O)c1cnc[nH]1. The van der Waals surface area contributed by atoms with Gasteiger partial charge >= 0.3 is 0 Å². The van der Waals surface area contributed by atoms with Crippen LogP contribution in [-0.2, 0) is 19.9 Å². The maximum absolute atomic E-state index is 12.3. The van der Waals surface area contributed by atoms with Gasteiger partial charge in [-0.2, -0.15) is 4.31 Å². The molecule has 1 aromatic heterocycles. The van der Waals surface area contributed by atoms with Crippen LogP contribution in [0.15, 0.2) is 17.6 Å². The molecule has 0 amide bonds. The van der Waals surface area contributed by atoms with E-state index >= 15 is 0 Å². The monoisotopic (exact) mass is 293 g/mol. The quantitative estimate of drug-likeness (QED) is 0.814. The Labute approximate surface area is 106 Å². The van der Waals surface area contributed by atoms with Gasteiger partial charge in [-0.15, -0.1) is 0 Å². The summed E-state index contributed by atoms with van der Waals surface area (Å²) >= 11 is 0. The van der Waals surface area contributed by atoms with E-state index in [9.17, 15) is 16.8 Å². The summed E-state index contributed by atoms with van der Waals surface area (Å²) < 4.78 is 48.7. The summed E-state index contributed by atoms with van der Waals surface area (Å²) in [7, 11) is -6.80. The van der Waals surface area contributed by atoms with Gasteiger partial charge < -0.3 is 4.98 Å². The van der Waals surface area contributed by atoms with Gasteiger partial charge in [-0.1, -0.05) is 6.92 Å². The van der Waals surface area contributed by atoms with Crippen molar-refractivity contribution in [3.8, 4) is 0 Å². The fraction of sp³-hybridized carbons (Fsp3) is 0.667. The normalized spacial score (nSPS) is 23.6. The van der Waals surface area contributed by atoms with Crippen LogP contribution in [0.25, 0.3) is 0 Å². The molecule has 1 fully saturated rings. The highest BCUT2D eigenvalue weighted by Crippen LogP contribution is 2.23. The molecule has 7 nitrogen and oxygen atoms in total. The first-order valence-corrected chi connectivity index (χ1v) is 8.83. The lowest BCUT2D eigenvalue weighted by atomic mass is 10.3. The summed E-state index contributed by atoms with van der Waals surface area (Å²) in [5.74, 6) is -0.0547. The molecule has 0 radical (unpaired) electrons. The zero-order chi connectivity index (χ0) is 13.4. The van der Waals surface area contributed by atoms with Crippen LogP contribution in [0.1, 0.15) is 13.3 Å². The smallest absolute Gasteiger partial charge is 0.260 e. The Kier molecular flexibility index (Phi) is 3.47. The Morgan fingerprint density at radius 1 is 1.56 bits per heavy atom. The molecule has 2 rings (SSSR count). The number of aromatic amines is 1. The lowest BCUT2D eigenvalue weighted by Crippen LogP contribution is -2.41. The first-order valence-electron chi connectivity index (χ1n) is 5.57. The Bertz CT molecular complexity index is 606. The maximum atomic E-state index is 12.3. The fourth-order valence-corrected chi connectivity index (χ4v) is 5.52. The summed E-state index contributed by atoms with van der Waals surface area (Å²) in [4.78, 5) is 6.23. The lowest BCUT2D eigenvalue weighted by molar-refractivity contribution is 0.353. The molecule has 2 heterocycles. The molecule has 0 bridgehead atoms. The van der Waals surface area contributed by atoms with Crippen molar-refractivity contribution in [1.29, 1.82) is 0 Å². The van der Waals surface area contributed by atoms with E-state index in [1.807, 2.05) is 0 Å². The van der Waals surface area contributed by atoms with E-state index in [1.54, 1.807) is 6.92 Å². The topological polar surface area (TPSA) is 100 Å². The third-order valence-corrected chi connectivity index (χ3v) is 6.69. The second kappa shape index (κ2) is 4.63. The highest BCUT2D eigenvalue weighted by atomic mass is 32.2. The fourth-order valence-electron chi connectivity index (χ4n) is 2.14. The van der Waals surface area contributed by atoms with E-state index in [-0.39, 0.29) is 23.1 Å². The summed E-state index contributed by atoms with van der Waals surface area (Å²) in [5.41, 5.74) is 0. The highest BCUT2D eigenvalue weighted by Gasteiger charge is 2.38. The van der Waals surface area contributed by atoms with Crippen molar-refractivity contribution < 1.29 is 16.8 Å². The van der Waals surface area contributed by atoms with Crippen molar-refractivity contribution in [2.75, 3.05) is 18.1 Å². The van der Waals surface area contributed by atoms with Gasteiger partial charge in [0.2, 0.25) is 0 Å². The summed E-state index contributed by atoms with van der Waals surface area (Å²) in [6.45, 7) is 1.93. The summed E-state index contributed by atoms with van der Waals surface area (Å²) in [5, 5.41) is -0.00588. The second-order valence-corrected chi connectivity index (χ2v) is 8.27. The standard InChI is InChI=1S/C9H15N3O4S2/c1-2-12(8-3-4-17(13,14)6-8)18(15,16)9-5-10-7-11-9/h5,7-8H,2-4,6H2,1H3,(H,10,11). The Hall–Kier alpha value is -0.930. The van der Waals surface area contributed by atoms with Crippen LogP contribution >= 0.6 is 0 Å². The zero-order valence-electron chi connectivity index (χ0n) is 9.90. The van der Waals surface area contributed by atoms with Crippen molar-refractivity contribution in [3.63, 3.8) is 0 Å². The predicted octanol–water partition coefficient (Wildman–Crippen LogP) is -0.393. The first kappa shape index (κ1) is 13.5. The van der Waals surface area contributed by atoms with E-state index < -0.39 is 25.9 Å². The van der Waals surface area contributed by atoms with Gasteiger partial charge in [-0.3, -0.25) is 0 Å². The molecule has 1 saturated heterocycles. The van der Waals surface area contributed by atoms with Gasteiger partial charge in [0.1, 0.15) is 0 Å². The molecular formula is C9H15N3O4S2. The van der Waals surface area contributed by atoms with Crippen LogP contribution in [0, 0.1) is 0 Å². The first-order chi connectivity index (χ1) is 8.37. The van der Waals surface area contributed by atoms with Crippen LogP contribution in [0.3, 0.4) is 0 Å². The van der Waals surface area contributed by atoms with Gasteiger partial charge in [0, 0.05) is 12.6 Å². The molecule has 0 saturated carbocycles. The molecule has 1 aliphatic rings. The third-order valence-electron chi connectivity index (χ3n) is 2.99. The van der Waals surface area contributed by atoms with Crippen LogP contribution in [0.2, 0.25) is 0 Å². The second-order valence-electron chi connectivity index (χ2n) is 4.18. The number of rotatable bonds is 4. The molecule has 9 heteroatoms. The molecule has 0 aromatic carbocycles. The van der Waals surface area contributed by atoms with Gasteiger partial charge in [-0.25, -0.2) is 21.8 Å². The van der Waals surface area contributed by atoms with Crippen LogP contribution in [-0.4, -0.2) is 55.2 Å². The maximum Gasteiger partial charge on any atom is 0.260 e. The van der Waals surface area contributed by atoms with Gasteiger partial charge in [0.05, 0.1) is 24.0 Å². The highest BCUT2D eigenvalue weighted by molar-refractivity contribution is 7.92. The minimum Gasteiger partial charge on any atom is -0.335 e. The number of sulfone groups is 1. The number of H-pyrrole nitrogens is 1. The molecule has 18 heavy (non-hydrogen) atoms. The lowest BCUT2D eigenvalue weighted by Gasteiger charge is -2.24. The number of aromatic nitrogens is 2. The van der Waals surface area contributed by atoms with Crippen LogP contribution in [0.5, 0.6) is 0 Å². The predicted molar refractivity (Wildman–Crippen MR) is 65.2 cm³/mol. The van der Waals surface area contributed by atoms with Crippen molar-refractivity contribution in [2.45, 2.75) is 24.4 Å². The van der Waals surface area contributed by atoms with E-state index in [0.717, 1.165) is 0 Å². The average Bonchev–Trinajstić information content (AvgIpc) is 2.88. The molecular weight excluding hydrogens is 278 g/mol. The Balaban J connectivity index is 2.30. The van der Waals surface area contributed by atoms with E-state index in [0.29, 0.717) is 6.42 Å². The zero-order valence-corrected chi connectivity index (χ0v) is 11.5. The van der Waals surface area contributed by atoms with Crippen molar-refractivity contribution in [1.82, 2.24) is 14.3 Å². The minimum absolute atomic E-state index is 0.00588. The molecule has 0 aliphatic carbocycles. The van der Waals surface area contributed by atoms with E-state index in [4.69, 9.17) is 0 Å². The number of hydrogen-bond acceptors (Lipinski definition) is 5. The molecule has 1 aliphatic heterocycles. The average molecular weight is 293 g/mol. The van der Waals surface area contributed by atoms with Crippen LogP contribution < -0.4 is 0 Å². The van der Waals surface area contributed by atoms with E-state index in [2.05, 4.69) is 9.97 Å². The number of nitrogens with zero attached hydrogens (tertiary/aromatic N) is 2. The van der Waals surface area contributed by atoms with Crippen molar-refractivity contribution in [3.05, 3.63) is 12.5 Å². The molecule has 1 N–H and O–H groups in total. The molecule has 0 spiro atoms. The minimum atomic E-state index is -3.69. The number of nitrogens with one attached hydrogen (secondary N) is 1. The van der Waals surface area contributed by atoms with Gasteiger partial charge in [-0.05, 0) is 6.42 Å². The number of hydrogen-bond donors (Lipinski definition) is 1. The van der Waals surface area contributed by atoms with Crippen molar-refractivity contribution in [2.24, 2.45) is 0 Å². The molecule has 1 unspecified atom stereocenters. The number of imidazole rings is 1. The van der Waals surface area contributed by atoms with Gasteiger partial charge in [0.15, 0.2) is 14.9 Å². The molecule has 102 valence electrons. The van der Waals surface area contributed by atoms with Crippen LogP contribution in [0.4, 0.5) is 0 Å². The largest absolute Gasteiger partial charge is 0.335 e. The number of sulfonamides is 1. The molecule has 1 atom stereocenters. The molecule has 1 aromatic rings. The third kappa shape index (κ3) is 2.43. The Morgan fingerprint density at radius 3 is 2.72 bits per heavy atom. The van der Waals surface area contributed by atoms with Crippen molar-refractivity contribution >= 4 is 19.9 Å². The summed E-state index contributed by atoms with van der Waals surface area (Å²) in [6.07, 6.45) is 2.86. The van der Waals surface area contributed by atoms with E-state index in [1.165, 1.54) is 16.8 Å².